The van der Waals surface area contributed by atoms with Crippen LogP contribution >= 0.6 is 0 Å². The van der Waals surface area contributed by atoms with Gasteiger partial charge in [0.15, 0.2) is 6.29 Å². The van der Waals surface area contributed by atoms with Crippen LogP contribution in [0.1, 0.15) is 12.5 Å². The molecule has 1 aromatic rings. The first-order chi connectivity index (χ1) is 16.4. The van der Waals surface area contributed by atoms with Crippen LogP contribution in [0.2, 0.25) is 0 Å². The molecule has 3 rings (SSSR count). The Hall–Kier alpha value is -2.31. The molecule has 0 spiro atoms. The summed E-state index contributed by atoms with van der Waals surface area (Å²) in [7, 11) is 0. The fourth-order valence-electron chi connectivity index (χ4n) is 4.11. The molecule has 2 aliphatic heterocycles. The number of nitrogens with zero attached hydrogens (tertiary/aromatic N) is 1. The average Bonchev–Trinajstić information content (AvgIpc) is 2.83. The Labute approximate surface area is 198 Å². The number of nitrogens with one attached hydrogen (secondary N) is 1. The van der Waals surface area contributed by atoms with Gasteiger partial charge in [0.2, 0.25) is 11.7 Å². The smallest absolute Gasteiger partial charge is 0.269 e. The first-order valence-corrected chi connectivity index (χ1v) is 10.6. The van der Waals surface area contributed by atoms with E-state index in [4.69, 9.17) is 14.2 Å². The lowest BCUT2D eigenvalue weighted by Crippen LogP contribution is -2.71. The first kappa shape index (κ1) is 27.3. The van der Waals surface area contributed by atoms with Gasteiger partial charge in [-0.2, -0.15) is 0 Å². The van der Waals surface area contributed by atoms with E-state index in [0.717, 1.165) is 31.2 Å². The van der Waals surface area contributed by atoms with Crippen molar-refractivity contribution in [3.8, 4) is 0 Å². The number of aliphatic hydroxyl groups excluding tert-OH is 6. The number of benzene rings is 1. The number of nitro groups is 1. The Morgan fingerprint density at radius 2 is 1.66 bits per heavy atom. The molecule has 1 aromatic carbocycles. The molecule has 10 atom stereocenters. The highest BCUT2D eigenvalue weighted by molar-refractivity contribution is 5.73. The maximum Gasteiger partial charge on any atom is 0.269 e. The lowest BCUT2D eigenvalue weighted by molar-refractivity contribution is -0.385. The predicted molar refractivity (Wildman–Crippen MR) is 111 cm³/mol. The largest absolute Gasteiger partial charge is 0.394 e. The number of carbonyl (C=O) groups excluding carboxylic acids is 1. The van der Waals surface area contributed by atoms with Crippen LogP contribution in [-0.4, -0.2) is 115 Å². The highest BCUT2D eigenvalue weighted by atomic mass is 16.7. The zero-order chi connectivity index (χ0) is 26.1. The molecule has 2 fully saturated rings. The number of non-ortho nitro benzene ring substituents is 1. The van der Waals surface area contributed by atoms with Gasteiger partial charge < -0.3 is 55.3 Å². The summed E-state index contributed by atoms with van der Waals surface area (Å²) in [5, 5.41) is 85.2. The standard InChI is InChI=1S/C20H28N2O13/c1-8(25)21-18-17(34-19-16(29)15(28)13(26)11(6-23)33-19)14(27)12(7-24)35-20(18,30)9-2-4-10(5-3-9)22(31)32/h2-5,11-19,23-24,26-30H,6-7H2,1H3,(H,21,25)/t11-,12-,13+,14+,15+,16-,17+,18-,19+,20+/m1/s1. The van der Waals surface area contributed by atoms with Crippen molar-refractivity contribution in [1.82, 2.24) is 5.32 Å². The maximum absolute atomic E-state index is 12.0. The molecule has 0 radical (unpaired) electrons. The van der Waals surface area contributed by atoms with Crippen LogP contribution in [0.4, 0.5) is 5.69 Å². The summed E-state index contributed by atoms with van der Waals surface area (Å²) in [6, 6.07) is 2.78. The van der Waals surface area contributed by atoms with Gasteiger partial charge in [-0.05, 0) is 12.1 Å². The van der Waals surface area contributed by atoms with Crippen LogP contribution in [-0.2, 0) is 24.8 Å². The third-order valence-corrected chi connectivity index (χ3v) is 5.97. The predicted octanol–water partition coefficient (Wildman–Crippen LogP) is -3.82. The molecule has 15 heteroatoms. The van der Waals surface area contributed by atoms with Crippen molar-refractivity contribution < 1.29 is 59.7 Å². The number of rotatable bonds is 7. The Morgan fingerprint density at radius 3 is 2.17 bits per heavy atom. The van der Waals surface area contributed by atoms with Crippen LogP contribution in [0.5, 0.6) is 0 Å². The van der Waals surface area contributed by atoms with Gasteiger partial charge in [-0.1, -0.05) is 0 Å². The van der Waals surface area contributed by atoms with Crippen molar-refractivity contribution in [2.24, 2.45) is 0 Å². The van der Waals surface area contributed by atoms with Gasteiger partial charge in [0.1, 0.15) is 48.8 Å². The van der Waals surface area contributed by atoms with Crippen LogP contribution in [0.25, 0.3) is 0 Å². The van der Waals surface area contributed by atoms with E-state index in [1.807, 2.05) is 0 Å². The molecular formula is C20H28N2O13. The van der Waals surface area contributed by atoms with E-state index in [1.54, 1.807) is 0 Å². The molecule has 2 aliphatic rings. The maximum atomic E-state index is 12.0. The number of hydrogen-bond acceptors (Lipinski definition) is 13. The van der Waals surface area contributed by atoms with E-state index in [1.165, 1.54) is 0 Å². The number of carbonyl (C=O) groups is 1. The van der Waals surface area contributed by atoms with E-state index in [-0.39, 0.29) is 11.3 Å². The van der Waals surface area contributed by atoms with Crippen LogP contribution < -0.4 is 5.32 Å². The van der Waals surface area contributed by atoms with E-state index < -0.39 is 84.9 Å². The molecule has 0 unspecified atom stereocenters. The lowest BCUT2D eigenvalue weighted by atomic mass is 9.85. The molecule has 2 heterocycles. The summed E-state index contributed by atoms with van der Waals surface area (Å²) < 4.78 is 16.5. The highest BCUT2D eigenvalue weighted by Crippen LogP contribution is 2.39. The summed E-state index contributed by atoms with van der Waals surface area (Å²) >= 11 is 0. The number of amides is 1. The third-order valence-electron chi connectivity index (χ3n) is 5.97. The zero-order valence-corrected chi connectivity index (χ0v) is 18.4. The molecule has 0 saturated carbocycles. The van der Waals surface area contributed by atoms with Crippen LogP contribution in [0.3, 0.4) is 0 Å². The topological polar surface area (TPSA) is 242 Å². The second-order valence-electron chi connectivity index (χ2n) is 8.31. The molecule has 0 aliphatic carbocycles. The van der Waals surface area contributed by atoms with Crippen molar-refractivity contribution in [2.45, 2.75) is 67.8 Å². The number of hydrogen-bond donors (Lipinski definition) is 8. The summed E-state index contributed by atoms with van der Waals surface area (Å²) in [5.41, 5.74) is -0.410. The van der Waals surface area contributed by atoms with Gasteiger partial charge in [0.05, 0.1) is 18.1 Å². The van der Waals surface area contributed by atoms with Gasteiger partial charge in [0, 0.05) is 24.6 Å². The monoisotopic (exact) mass is 504 g/mol. The number of nitro benzene ring substituents is 1. The minimum atomic E-state index is -2.51. The van der Waals surface area contributed by atoms with Gasteiger partial charge in [-0.3, -0.25) is 14.9 Å². The van der Waals surface area contributed by atoms with E-state index in [2.05, 4.69) is 5.32 Å². The lowest BCUT2D eigenvalue weighted by Gasteiger charge is -2.51. The van der Waals surface area contributed by atoms with Crippen LogP contribution in [0, 0.1) is 10.1 Å². The van der Waals surface area contributed by atoms with Crippen molar-refractivity contribution in [3.63, 3.8) is 0 Å². The second kappa shape index (κ2) is 10.8. The molecule has 2 saturated heterocycles. The van der Waals surface area contributed by atoms with Crippen molar-refractivity contribution >= 4 is 11.6 Å². The van der Waals surface area contributed by atoms with E-state index in [9.17, 15) is 50.7 Å². The third kappa shape index (κ3) is 5.29. The van der Waals surface area contributed by atoms with Gasteiger partial charge >= 0.3 is 0 Å². The van der Waals surface area contributed by atoms with E-state index >= 15 is 0 Å². The molecule has 196 valence electrons. The minimum absolute atomic E-state index is 0.102. The fraction of sp³-hybridized carbons (Fsp3) is 0.650. The quantitative estimate of drug-likeness (QED) is 0.131. The van der Waals surface area contributed by atoms with Crippen molar-refractivity contribution in [3.05, 3.63) is 39.9 Å². The number of aliphatic hydroxyl groups is 7. The number of ether oxygens (including phenoxy) is 3. The SMILES string of the molecule is CC(=O)N[C@@H]1[C@@H](O[C@@H]2O[C@H](CO)[C@H](O)[C@H](O)[C@H]2O)[C@@H](O)[C@@H](CO)O[C@@]1(O)c1ccc([N+](=O)[O-])cc1. The van der Waals surface area contributed by atoms with Crippen molar-refractivity contribution in [1.29, 1.82) is 0 Å². The summed E-state index contributed by atoms with van der Waals surface area (Å²) in [6.45, 7) is -0.508. The molecule has 0 bridgehead atoms. The Balaban J connectivity index is 2.02. The zero-order valence-electron chi connectivity index (χ0n) is 18.4. The normalized spacial score (nSPS) is 39.7. The Kier molecular flexibility index (Phi) is 8.38. The molecule has 1 amide bonds. The molecule has 35 heavy (non-hydrogen) atoms. The van der Waals surface area contributed by atoms with E-state index in [0.29, 0.717) is 0 Å². The highest BCUT2D eigenvalue weighted by Gasteiger charge is 2.57. The average molecular weight is 504 g/mol. The fourth-order valence-corrected chi connectivity index (χ4v) is 4.11. The van der Waals surface area contributed by atoms with Gasteiger partial charge in [0.25, 0.3) is 5.69 Å². The second-order valence-corrected chi connectivity index (χ2v) is 8.31. The van der Waals surface area contributed by atoms with Crippen LogP contribution in [0.15, 0.2) is 24.3 Å². The summed E-state index contributed by atoms with van der Waals surface area (Å²) in [5.74, 6) is -3.22. The Morgan fingerprint density at radius 1 is 1.06 bits per heavy atom. The summed E-state index contributed by atoms with van der Waals surface area (Å²) in [4.78, 5) is 22.3. The van der Waals surface area contributed by atoms with Crippen molar-refractivity contribution in [2.75, 3.05) is 13.2 Å². The molecule has 8 N–H and O–H groups in total. The van der Waals surface area contributed by atoms with Gasteiger partial charge in [-0.25, -0.2) is 0 Å². The molecule has 0 aromatic heterocycles. The minimum Gasteiger partial charge on any atom is -0.394 e. The Bertz CT molecular complexity index is 900. The molecular weight excluding hydrogens is 476 g/mol. The molecule has 15 nitrogen and oxygen atoms in total. The first-order valence-electron chi connectivity index (χ1n) is 10.6. The van der Waals surface area contributed by atoms with Gasteiger partial charge in [-0.15, -0.1) is 0 Å². The summed E-state index contributed by atoms with van der Waals surface area (Å²) in [6.07, 6.45) is -13.4.